The van der Waals surface area contributed by atoms with Gasteiger partial charge in [-0.25, -0.2) is 0 Å². The fraction of sp³-hybridized carbons (Fsp3) is 0.0508. The highest BCUT2D eigenvalue weighted by Crippen LogP contribution is 2.52. The van der Waals surface area contributed by atoms with Crippen molar-refractivity contribution >= 4 is 60.5 Å². The number of nitrogens with zero attached hydrogens (tertiary/aromatic N) is 1. The normalized spacial score (nSPS) is 12.9. The smallest absolute Gasteiger partial charge is 0.143 e. The molecule has 2 nitrogen and oxygen atoms in total. The van der Waals surface area contributed by atoms with Gasteiger partial charge in [0.25, 0.3) is 0 Å². The van der Waals surface area contributed by atoms with Gasteiger partial charge in [0.15, 0.2) is 0 Å². The second-order valence-corrected chi connectivity index (χ2v) is 16.8. The van der Waals surface area contributed by atoms with Crippen molar-refractivity contribution in [1.29, 1.82) is 0 Å². The lowest BCUT2D eigenvalue weighted by molar-refractivity contribution is 0.662. The van der Waals surface area contributed by atoms with E-state index >= 15 is 0 Å². The molecule has 61 heavy (non-hydrogen) atoms. The van der Waals surface area contributed by atoms with E-state index in [0.29, 0.717) is 0 Å². The Morgan fingerprint density at radius 1 is 0.361 bits per heavy atom. The van der Waals surface area contributed by atoms with E-state index in [9.17, 15) is 0 Å². The summed E-state index contributed by atoms with van der Waals surface area (Å²) in [6, 6.07) is 77.3. The lowest BCUT2D eigenvalue weighted by Gasteiger charge is -2.27. The Hall–Kier alpha value is -7.68. The fourth-order valence-corrected chi connectivity index (χ4v) is 10.2. The van der Waals surface area contributed by atoms with Crippen LogP contribution in [0.1, 0.15) is 25.0 Å². The highest BCUT2D eigenvalue weighted by molar-refractivity contribution is 6.19. The van der Waals surface area contributed by atoms with E-state index in [1.165, 1.54) is 60.7 Å². The molecule has 0 radical (unpaired) electrons. The summed E-state index contributed by atoms with van der Waals surface area (Å²) in [5.41, 5.74) is 17.7. The van der Waals surface area contributed by atoms with Gasteiger partial charge in [-0.2, -0.15) is 0 Å². The van der Waals surface area contributed by atoms with E-state index in [2.05, 4.69) is 231 Å². The predicted molar refractivity (Wildman–Crippen MR) is 257 cm³/mol. The van der Waals surface area contributed by atoms with Crippen LogP contribution in [0.15, 0.2) is 217 Å². The molecule has 1 aromatic heterocycles. The van der Waals surface area contributed by atoms with E-state index in [1.54, 1.807) is 0 Å². The number of rotatable bonds is 6. The standard InChI is InChI=1S/C59H41NO/c1-59(2)54-22-8-7-17-51(54)52-21-10-20-49(57(52)59)42-28-35-45(36-29-42)60(43-31-24-40(25-32-43)47-18-9-14-38-12-3-5-15-46(38)47)44-33-26-41(27-34-44)48-19-11-23-55-56(48)53-37-30-39-13-4-6-16-50(39)58(53)61-55/h3-37H,1-2H3. The van der Waals surface area contributed by atoms with Crippen LogP contribution in [-0.2, 0) is 5.41 Å². The molecule has 0 atom stereocenters. The summed E-state index contributed by atoms with van der Waals surface area (Å²) in [7, 11) is 0. The van der Waals surface area contributed by atoms with Gasteiger partial charge < -0.3 is 9.32 Å². The first-order valence-electron chi connectivity index (χ1n) is 21.2. The SMILES string of the molecule is CC1(C)c2ccccc2-c2cccc(-c3ccc(N(c4ccc(-c5cccc6ccccc56)cc4)c4ccc(-c5cccc6oc7c8ccccc8ccc7c56)cc4)cc3)c21. The minimum absolute atomic E-state index is 0.0956. The maximum absolute atomic E-state index is 6.56. The van der Waals surface area contributed by atoms with E-state index in [4.69, 9.17) is 4.42 Å². The van der Waals surface area contributed by atoms with Gasteiger partial charge in [-0.05, 0) is 120 Å². The number of benzene rings is 10. The maximum atomic E-state index is 6.56. The summed E-state index contributed by atoms with van der Waals surface area (Å²) in [6.07, 6.45) is 0. The van der Waals surface area contributed by atoms with Crippen LogP contribution in [0.3, 0.4) is 0 Å². The summed E-state index contributed by atoms with van der Waals surface area (Å²) in [5, 5.41) is 7.10. The Morgan fingerprint density at radius 3 is 1.57 bits per heavy atom. The summed E-state index contributed by atoms with van der Waals surface area (Å²) < 4.78 is 6.56. The average molecular weight is 780 g/mol. The molecule has 0 unspecified atom stereocenters. The highest BCUT2D eigenvalue weighted by atomic mass is 16.3. The van der Waals surface area contributed by atoms with Gasteiger partial charge in [0, 0.05) is 38.6 Å². The molecule has 0 bridgehead atoms. The van der Waals surface area contributed by atoms with Gasteiger partial charge >= 0.3 is 0 Å². The molecule has 0 fully saturated rings. The van der Waals surface area contributed by atoms with Crippen LogP contribution < -0.4 is 4.90 Å². The monoisotopic (exact) mass is 779 g/mol. The molecule has 0 spiro atoms. The highest BCUT2D eigenvalue weighted by Gasteiger charge is 2.37. The zero-order chi connectivity index (χ0) is 40.7. The third-order valence-electron chi connectivity index (χ3n) is 13.1. The van der Waals surface area contributed by atoms with Gasteiger partial charge in [-0.1, -0.05) is 178 Å². The van der Waals surface area contributed by atoms with Crippen molar-refractivity contribution < 1.29 is 4.42 Å². The molecule has 288 valence electrons. The van der Waals surface area contributed by atoms with Gasteiger partial charge in [-0.3, -0.25) is 0 Å². The lowest BCUT2D eigenvalue weighted by Crippen LogP contribution is -2.16. The Morgan fingerprint density at radius 2 is 0.852 bits per heavy atom. The molecule has 0 N–H and O–H groups in total. The molecule has 11 aromatic rings. The molecule has 0 saturated heterocycles. The number of furan rings is 1. The number of hydrogen-bond acceptors (Lipinski definition) is 2. The van der Waals surface area contributed by atoms with Gasteiger partial charge in [0.2, 0.25) is 0 Å². The predicted octanol–water partition coefficient (Wildman–Crippen LogP) is 16.7. The van der Waals surface area contributed by atoms with Crippen molar-refractivity contribution in [2.75, 3.05) is 4.90 Å². The van der Waals surface area contributed by atoms with E-state index in [1.807, 2.05) is 0 Å². The molecular formula is C59H41NO. The Kier molecular flexibility index (Phi) is 7.92. The van der Waals surface area contributed by atoms with Crippen LogP contribution in [0.2, 0.25) is 0 Å². The van der Waals surface area contributed by atoms with Crippen LogP contribution in [0.4, 0.5) is 17.1 Å². The first-order chi connectivity index (χ1) is 30.0. The van der Waals surface area contributed by atoms with Gasteiger partial charge in [0.1, 0.15) is 11.2 Å². The number of anilines is 3. The van der Waals surface area contributed by atoms with Crippen LogP contribution in [-0.4, -0.2) is 0 Å². The Bertz CT molecular complexity index is 3480. The third-order valence-corrected chi connectivity index (χ3v) is 13.1. The summed E-state index contributed by atoms with van der Waals surface area (Å²) in [6.45, 7) is 4.72. The Balaban J connectivity index is 0.960. The molecule has 0 saturated carbocycles. The molecule has 12 rings (SSSR count). The van der Waals surface area contributed by atoms with Crippen LogP contribution in [0.25, 0.3) is 88.0 Å². The first-order valence-corrected chi connectivity index (χ1v) is 21.2. The molecule has 0 aliphatic heterocycles. The molecule has 10 aromatic carbocycles. The largest absolute Gasteiger partial charge is 0.455 e. The lowest BCUT2D eigenvalue weighted by atomic mass is 9.79. The van der Waals surface area contributed by atoms with Gasteiger partial charge in [-0.15, -0.1) is 0 Å². The van der Waals surface area contributed by atoms with Crippen molar-refractivity contribution in [3.8, 4) is 44.5 Å². The zero-order valence-corrected chi connectivity index (χ0v) is 34.1. The second kappa shape index (κ2) is 13.7. The van der Waals surface area contributed by atoms with Crippen LogP contribution >= 0.6 is 0 Å². The average Bonchev–Trinajstić information content (AvgIpc) is 3.82. The molecule has 1 heterocycles. The van der Waals surface area contributed by atoms with Crippen molar-refractivity contribution in [2.24, 2.45) is 0 Å². The first kappa shape index (κ1) is 35.3. The van der Waals surface area contributed by atoms with Crippen molar-refractivity contribution in [1.82, 2.24) is 0 Å². The third kappa shape index (κ3) is 5.56. The molecular weight excluding hydrogens is 739 g/mol. The Labute approximate surface area is 355 Å². The molecule has 2 heteroatoms. The van der Waals surface area contributed by atoms with E-state index in [0.717, 1.165) is 55.5 Å². The van der Waals surface area contributed by atoms with E-state index in [-0.39, 0.29) is 5.41 Å². The summed E-state index contributed by atoms with van der Waals surface area (Å²) in [5.74, 6) is 0. The number of hydrogen-bond donors (Lipinski definition) is 0. The minimum atomic E-state index is -0.0956. The van der Waals surface area contributed by atoms with Crippen molar-refractivity contribution in [3.63, 3.8) is 0 Å². The van der Waals surface area contributed by atoms with Crippen LogP contribution in [0.5, 0.6) is 0 Å². The van der Waals surface area contributed by atoms with E-state index < -0.39 is 0 Å². The molecule has 1 aliphatic rings. The van der Waals surface area contributed by atoms with Crippen molar-refractivity contribution in [2.45, 2.75) is 19.3 Å². The zero-order valence-electron chi connectivity index (χ0n) is 34.1. The second-order valence-electron chi connectivity index (χ2n) is 16.8. The van der Waals surface area contributed by atoms with Gasteiger partial charge in [0.05, 0.1) is 0 Å². The maximum Gasteiger partial charge on any atom is 0.143 e. The van der Waals surface area contributed by atoms with Crippen LogP contribution in [0, 0.1) is 0 Å². The molecule has 1 aliphatic carbocycles. The fourth-order valence-electron chi connectivity index (χ4n) is 10.2. The molecule has 0 amide bonds. The summed E-state index contributed by atoms with van der Waals surface area (Å²) in [4.78, 5) is 2.37. The van der Waals surface area contributed by atoms with Crippen molar-refractivity contribution in [3.05, 3.63) is 223 Å². The number of fused-ring (bicyclic) bond motifs is 9. The topological polar surface area (TPSA) is 16.4 Å². The quantitative estimate of drug-likeness (QED) is 0.167. The summed E-state index contributed by atoms with van der Waals surface area (Å²) >= 11 is 0. The minimum Gasteiger partial charge on any atom is -0.455 e.